The van der Waals surface area contributed by atoms with E-state index >= 15 is 0 Å². The van der Waals surface area contributed by atoms with Crippen LogP contribution in [-0.2, 0) is 12.7 Å². The van der Waals surface area contributed by atoms with E-state index in [9.17, 15) is 13.2 Å². The van der Waals surface area contributed by atoms with E-state index in [1.165, 1.54) is 12.1 Å². The van der Waals surface area contributed by atoms with Crippen molar-refractivity contribution in [3.05, 3.63) is 84.2 Å². The largest absolute Gasteiger partial charge is 0.416 e. The van der Waals surface area contributed by atoms with Crippen LogP contribution in [0.15, 0.2) is 73.1 Å². The molecule has 0 unspecified atom stereocenters. The molecule has 1 aliphatic carbocycles. The number of benzene rings is 2. The van der Waals surface area contributed by atoms with Gasteiger partial charge in [-0.15, -0.1) is 0 Å². The van der Waals surface area contributed by atoms with E-state index in [1.54, 1.807) is 0 Å². The number of pyridine rings is 2. The number of halogens is 3. The molecule has 0 radical (unpaired) electrons. The topological polar surface area (TPSA) is 16.8 Å². The molecule has 132 valence electrons. The molecular formula is C22H14F3N2+. The van der Waals surface area contributed by atoms with Gasteiger partial charge < -0.3 is 0 Å². The van der Waals surface area contributed by atoms with Crippen molar-refractivity contribution in [3.63, 3.8) is 0 Å². The molecule has 2 nitrogen and oxygen atoms in total. The second-order valence-electron chi connectivity index (χ2n) is 6.66. The lowest BCUT2D eigenvalue weighted by molar-refractivity contribution is -0.676. The molecule has 0 fully saturated rings. The smallest absolute Gasteiger partial charge is 0.255 e. The Balaban J connectivity index is 1.64. The highest BCUT2D eigenvalue weighted by Gasteiger charge is 2.32. The first-order chi connectivity index (χ1) is 13.0. The van der Waals surface area contributed by atoms with E-state index in [4.69, 9.17) is 0 Å². The van der Waals surface area contributed by atoms with Gasteiger partial charge in [-0.25, -0.2) is 0 Å². The molecule has 27 heavy (non-hydrogen) atoms. The Hall–Kier alpha value is -3.21. The highest BCUT2D eigenvalue weighted by molar-refractivity contribution is 6.11. The van der Waals surface area contributed by atoms with E-state index in [0.717, 1.165) is 51.0 Å². The van der Waals surface area contributed by atoms with E-state index in [1.807, 2.05) is 36.7 Å². The number of aromatic nitrogens is 2. The second kappa shape index (κ2) is 5.64. The fourth-order valence-electron chi connectivity index (χ4n) is 3.77. The highest BCUT2D eigenvalue weighted by Crippen LogP contribution is 2.43. The molecule has 0 amide bonds. The number of hydrogen-bond donors (Lipinski definition) is 0. The zero-order valence-corrected chi connectivity index (χ0v) is 14.2. The quantitative estimate of drug-likeness (QED) is 0.392. The Bertz CT molecular complexity index is 1180. The highest BCUT2D eigenvalue weighted by atomic mass is 19.4. The van der Waals surface area contributed by atoms with Gasteiger partial charge in [0, 0.05) is 23.4 Å². The Labute approximate surface area is 153 Å². The first kappa shape index (κ1) is 16.0. The molecule has 0 spiro atoms. The lowest BCUT2D eigenvalue weighted by Crippen LogP contribution is -2.36. The number of alkyl halides is 3. The van der Waals surface area contributed by atoms with Gasteiger partial charge in [0.1, 0.15) is 0 Å². The van der Waals surface area contributed by atoms with E-state index in [-0.39, 0.29) is 0 Å². The summed E-state index contributed by atoms with van der Waals surface area (Å²) in [5, 5.41) is 2.20. The van der Waals surface area contributed by atoms with Gasteiger partial charge in [0.15, 0.2) is 12.7 Å². The summed E-state index contributed by atoms with van der Waals surface area (Å²) in [6.07, 6.45) is -0.521. The summed E-state index contributed by atoms with van der Waals surface area (Å²) in [6.45, 7) is 0.492. The van der Waals surface area contributed by atoms with Gasteiger partial charge in [-0.3, -0.25) is 4.98 Å². The Morgan fingerprint density at radius 3 is 2.33 bits per heavy atom. The molecule has 1 aliphatic rings. The van der Waals surface area contributed by atoms with Gasteiger partial charge >= 0.3 is 6.18 Å². The molecule has 0 saturated carbocycles. The minimum atomic E-state index is -4.32. The Morgan fingerprint density at radius 2 is 1.59 bits per heavy atom. The summed E-state index contributed by atoms with van der Waals surface area (Å²) in [5.41, 5.74) is 4.40. The maximum Gasteiger partial charge on any atom is 0.416 e. The van der Waals surface area contributed by atoms with Crippen molar-refractivity contribution in [2.24, 2.45) is 0 Å². The molecule has 2 aromatic heterocycles. The average molecular weight is 363 g/mol. The predicted molar refractivity (Wildman–Crippen MR) is 96.9 cm³/mol. The molecule has 5 heteroatoms. The summed E-state index contributed by atoms with van der Waals surface area (Å²) in [4.78, 5) is 4.57. The van der Waals surface area contributed by atoms with Crippen molar-refractivity contribution in [2.75, 3.05) is 0 Å². The summed E-state index contributed by atoms with van der Waals surface area (Å²) in [5.74, 6) is 0. The number of hydrogen-bond acceptors (Lipinski definition) is 1. The minimum Gasteiger partial charge on any atom is -0.255 e. The summed E-state index contributed by atoms with van der Waals surface area (Å²) in [6, 6.07) is 17.5. The van der Waals surface area contributed by atoms with Crippen LogP contribution in [0, 0.1) is 0 Å². The predicted octanol–water partition coefficient (Wildman–Crippen LogP) is 5.24. The molecule has 2 heterocycles. The maximum atomic E-state index is 12.8. The normalized spacial score (nSPS) is 12.4. The summed E-state index contributed by atoms with van der Waals surface area (Å²) in [7, 11) is 0. The van der Waals surface area contributed by atoms with Gasteiger partial charge in [-0.05, 0) is 29.7 Å². The first-order valence-electron chi connectivity index (χ1n) is 8.59. The number of fused-ring (bicyclic) bond motifs is 3. The molecule has 0 bridgehead atoms. The second-order valence-corrected chi connectivity index (χ2v) is 6.66. The zero-order chi connectivity index (χ0) is 18.6. The van der Waals surface area contributed by atoms with Crippen LogP contribution in [0.4, 0.5) is 13.2 Å². The van der Waals surface area contributed by atoms with Crippen molar-refractivity contribution in [3.8, 4) is 22.5 Å². The third-order valence-corrected chi connectivity index (χ3v) is 5.01. The van der Waals surface area contributed by atoms with Crippen LogP contribution in [0.5, 0.6) is 0 Å². The fourth-order valence-corrected chi connectivity index (χ4v) is 3.77. The van der Waals surface area contributed by atoms with E-state index in [2.05, 4.69) is 21.7 Å². The van der Waals surface area contributed by atoms with Crippen LogP contribution in [-0.4, -0.2) is 4.98 Å². The number of nitrogens with zero attached hydrogens (tertiary/aromatic N) is 2. The van der Waals surface area contributed by atoms with Crippen molar-refractivity contribution in [2.45, 2.75) is 12.7 Å². The van der Waals surface area contributed by atoms with Crippen LogP contribution in [0.25, 0.3) is 33.3 Å². The van der Waals surface area contributed by atoms with Crippen LogP contribution in [0.1, 0.15) is 11.1 Å². The lowest BCUT2D eigenvalue weighted by Gasteiger charge is -2.08. The van der Waals surface area contributed by atoms with Crippen LogP contribution in [0.2, 0.25) is 0 Å². The fraction of sp³-hybridized carbons (Fsp3) is 0.0909. The molecule has 0 aliphatic heterocycles. The summed E-state index contributed by atoms with van der Waals surface area (Å²) >= 11 is 0. The molecule has 0 N–H and O–H groups in total. The Kier molecular flexibility index (Phi) is 3.34. The maximum absolute atomic E-state index is 12.8. The number of rotatable bonds is 2. The standard InChI is InChI=1S/C22H14F3N2/c23-22(24,25)16-7-5-14(6-8-16)13-27-12-10-15-9-11-26-20-17-3-1-2-4-18(17)21(27)19(15)20/h1-12H,13H2/q+1. The Morgan fingerprint density at radius 1 is 0.852 bits per heavy atom. The van der Waals surface area contributed by atoms with Gasteiger partial charge in [0.2, 0.25) is 5.69 Å². The summed E-state index contributed by atoms with van der Waals surface area (Å²) < 4.78 is 40.5. The van der Waals surface area contributed by atoms with E-state index in [0.29, 0.717) is 6.54 Å². The third-order valence-electron chi connectivity index (χ3n) is 5.01. The average Bonchev–Trinajstić information content (AvgIpc) is 3.01. The minimum absolute atomic E-state index is 0.492. The molecule has 5 rings (SSSR count). The van der Waals surface area contributed by atoms with Crippen molar-refractivity contribution >= 4 is 10.8 Å². The van der Waals surface area contributed by atoms with Gasteiger partial charge in [0.25, 0.3) is 0 Å². The van der Waals surface area contributed by atoms with E-state index < -0.39 is 11.7 Å². The van der Waals surface area contributed by atoms with Crippen molar-refractivity contribution in [1.29, 1.82) is 0 Å². The van der Waals surface area contributed by atoms with Crippen LogP contribution in [0.3, 0.4) is 0 Å². The van der Waals surface area contributed by atoms with Crippen LogP contribution >= 0.6 is 0 Å². The molecule has 4 aromatic rings. The van der Waals surface area contributed by atoms with Gasteiger partial charge in [-0.2, -0.15) is 17.7 Å². The monoisotopic (exact) mass is 363 g/mol. The first-order valence-corrected chi connectivity index (χ1v) is 8.59. The van der Waals surface area contributed by atoms with Crippen molar-refractivity contribution < 1.29 is 17.7 Å². The zero-order valence-electron chi connectivity index (χ0n) is 14.2. The lowest BCUT2D eigenvalue weighted by atomic mass is 10.1. The van der Waals surface area contributed by atoms with Crippen molar-refractivity contribution in [1.82, 2.24) is 4.98 Å². The van der Waals surface area contributed by atoms with Gasteiger partial charge in [-0.1, -0.05) is 30.3 Å². The van der Waals surface area contributed by atoms with Gasteiger partial charge in [0.05, 0.1) is 22.2 Å². The third kappa shape index (κ3) is 2.50. The molecule has 2 aromatic carbocycles. The molecule has 0 saturated heterocycles. The SMILES string of the molecule is FC(F)(F)c1ccc(C[n+]2ccc3ccnc4c3c2-c2ccccc2-4)cc1. The molecule has 0 atom stereocenters. The molecular weight excluding hydrogens is 349 g/mol. The van der Waals surface area contributed by atoms with Crippen LogP contribution < -0.4 is 4.57 Å².